The molecular formula is C13H21N3O2. The van der Waals surface area contributed by atoms with Gasteiger partial charge in [-0.15, -0.1) is 0 Å². The maximum absolute atomic E-state index is 11.4. The van der Waals surface area contributed by atoms with Crippen LogP contribution < -0.4 is 15.8 Å². The lowest BCUT2D eigenvalue weighted by molar-refractivity contribution is -0.120. The van der Waals surface area contributed by atoms with E-state index < -0.39 is 6.04 Å². The van der Waals surface area contributed by atoms with E-state index in [0.29, 0.717) is 6.54 Å². The molecule has 3 N–H and O–H groups in total. The Kier molecular flexibility index (Phi) is 5.61. The second-order valence-electron chi connectivity index (χ2n) is 4.37. The van der Waals surface area contributed by atoms with Gasteiger partial charge in [0.15, 0.2) is 0 Å². The summed E-state index contributed by atoms with van der Waals surface area (Å²) in [6.07, 6.45) is 0. The molecule has 0 aromatic heterocycles. The van der Waals surface area contributed by atoms with Gasteiger partial charge in [-0.1, -0.05) is 12.1 Å². The summed E-state index contributed by atoms with van der Waals surface area (Å²) in [5.41, 5.74) is 6.26. The monoisotopic (exact) mass is 251 g/mol. The Balaban J connectivity index is 2.68. The Morgan fingerprint density at radius 2 is 2.00 bits per heavy atom. The third-order valence-electron chi connectivity index (χ3n) is 2.64. The van der Waals surface area contributed by atoms with Crippen LogP contribution in [0.15, 0.2) is 24.3 Å². The highest BCUT2D eigenvalue weighted by Gasteiger charge is 2.16. The van der Waals surface area contributed by atoms with E-state index in [-0.39, 0.29) is 5.91 Å². The fraction of sp³-hybridized carbons (Fsp3) is 0.462. The number of ether oxygens (including phenoxy) is 1. The molecule has 0 aliphatic carbocycles. The lowest BCUT2D eigenvalue weighted by atomic mass is 10.1. The molecule has 1 rings (SSSR count). The highest BCUT2D eigenvalue weighted by Crippen LogP contribution is 2.17. The van der Waals surface area contributed by atoms with Crippen molar-refractivity contribution in [3.8, 4) is 5.75 Å². The molecule has 1 aromatic rings. The number of primary amides is 1. The molecule has 0 bridgehead atoms. The summed E-state index contributed by atoms with van der Waals surface area (Å²) in [5, 5.41) is 3.15. The molecule has 0 saturated carbocycles. The van der Waals surface area contributed by atoms with E-state index in [4.69, 9.17) is 10.5 Å². The quantitative estimate of drug-likeness (QED) is 0.735. The van der Waals surface area contributed by atoms with Crippen LogP contribution in [0.1, 0.15) is 11.6 Å². The number of nitrogens with two attached hydrogens (primary N) is 1. The largest absolute Gasteiger partial charge is 0.497 e. The lowest BCUT2D eigenvalue weighted by Gasteiger charge is -2.18. The van der Waals surface area contributed by atoms with Gasteiger partial charge in [-0.2, -0.15) is 0 Å². The first-order chi connectivity index (χ1) is 8.54. The number of amides is 1. The number of methoxy groups -OCH3 is 1. The van der Waals surface area contributed by atoms with Gasteiger partial charge in [-0.25, -0.2) is 0 Å². The lowest BCUT2D eigenvalue weighted by Crippen LogP contribution is -2.37. The maximum atomic E-state index is 11.4. The van der Waals surface area contributed by atoms with Crippen molar-refractivity contribution in [2.75, 3.05) is 34.3 Å². The van der Waals surface area contributed by atoms with Crippen LogP contribution in [-0.4, -0.2) is 45.1 Å². The first-order valence-corrected chi connectivity index (χ1v) is 5.86. The SMILES string of the molecule is COc1ccc(C(NCCN(C)C)C(N)=O)cc1. The molecule has 0 heterocycles. The molecule has 18 heavy (non-hydrogen) atoms. The summed E-state index contributed by atoms with van der Waals surface area (Å²) < 4.78 is 5.08. The van der Waals surface area contributed by atoms with Crippen molar-refractivity contribution in [3.05, 3.63) is 29.8 Å². The number of benzene rings is 1. The van der Waals surface area contributed by atoms with Gasteiger partial charge in [0.1, 0.15) is 11.8 Å². The number of carbonyl (C=O) groups excluding carboxylic acids is 1. The Morgan fingerprint density at radius 3 is 2.44 bits per heavy atom. The van der Waals surface area contributed by atoms with E-state index in [1.54, 1.807) is 7.11 Å². The number of hydrogen-bond donors (Lipinski definition) is 2. The minimum absolute atomic E-state index is 0.376. The van der Waals surface area contributed by atoms with Crippen molar-refractivity contribution in [2.45, 2.75) is 6.04 Å². The van der Waals surface area contributed by atoms with Crippen LogP contribution in [0, 0.1) is 0 Å². The van der Waals surface area contributed by atoms with Crippen LogP contribution in [0.25, 0.3) is 0 Å². The predicted octanol–water partition coefficient (Wildman–Crippen LogP) is 0.373. The van der Waals surface area contributed by atoms with Crippen LogP contribution in [0.3, 0.4) is 0 Å². The highest BCUT2D eigenvalue weighted by atomic mass is 16.5. The highest BCUT2D eigenvalue weighted by molar-refractivity contribution is 5.81. The summed E-state index contributed by atoms with van der Waals surface area (Å²) in [5.74, 6) is 0.384. The molecule has 1 unspecified atom stereocenters. The number of likely N-dealkylation sites (N-methyl/N-ethyl adjacent to an activating group) is 1. The normalized spacial score (nSPS) is 12.4. The van der Waals surface area contributed by atoms with Gasteiger partial charge < -0.3 is 20.7 Å². The number of nitrogens with zero attached hydrogens (tertiary/aromatic N) is 1. The Hall–Kier alpha value is -1.59. The zero-order valence-corrected chi connectivity index (χ0v) is 11.1. The van der Waals surface area contributed by atoms with Gasteiger partial charge in [0, 0.05) is 13.1 Å². The van der Waals surface area contributed by atoms with Crippen molar-refractivity contribution in [1.82, 2.24) is 10.2 Å². The zero-order valence-electron chi connectivity index (χ0n) is 11.1. The minimum atomic E-state index is -0.462. The molecule has 5 heteroatoms. The molecule has 1 amide bonds. The first-order valence-electron chi connectivity index (χ1n) is 5.86. The Bertz CT molecular complexity index is 376. The van der Waals surface area contributed by atoms with E-state index in [1.165, 1.54) is 0 Å². The molecule has 0 saturated heterocycles. The third-order valence-corrected chi connectivity index (χ3v) is 2.64. The molecule has 0 radical (unpaired) electrons. The number of hydrogen-bond acceptors (Lipinski definition) is 4. The standard InChI is InChI=1S/C13H21N3O2/c1-16(2)9-8-15-12(13(14)17)10-4-6-11(18-3)7-5-10/h4-7,12,15H,8-9H2,1-3H3,(H2,14,17). The molecule has 5 nitrogen and oxygen atoms in total. The minimum Gasteiger partial charge on any atom is -0.497 e. The first kappa shape index (κ1) is 14.5. The van der Waals surface area contributed by atoms with Crippen molar-refractivity contribution in [1.29, 1.82) is 0 Å². The van der Waals surface area contributed by atoms with Crippen LogP contribution in [-0.2, 0) is 4.79 Å². The van der Waals surface area contributed by atoms with Crippen molar-refractivity contribution < 1.29 is 9.53 Å². The summed E-state index contributed by atoms with van der Waals surface area (Å²) >= 11 is 0. The molecule has 1 atom stereocenters. The Labute approximate surface area is 108 Å². The third kappa shape index (κ3) is 4.35. The number of carbonyl (C=O) groups is 1. The van der Waals surface area contributed by atoms with E-state index >= 15 is 0 Å². The molecule has 0 spiro atoms. The predicted molar refractivity (Wildman–Crippen MR) is 71.5 cm³/mol. The van der Waals surface area contributed by atoms with Crippen molar-refractivity contribution in [2.24, 2.45) is 5.73 Å². The fourth-order valence-corrected chi connectivity index (χ4v) is 1.61. The number of rotatable bonds is 7. The maximum Gasteiger partial charge on any atom is 0.239 e. The zero-order chi connectivity index (χ0) is 13.5. The molecule has 100 valence electrons. The smallest absolute Gasteiger partial charge is 0.239 e. The van der Waals surface area contributed by atoms with Crippen molar-refractivity contribution >= 4 is 5.91 Å². The van der Waals surface area contributed by atoms with E-state index in [1.807, 2.05) is 43.3 Å². The molecular weight excluding hydrogens is 230 g/mol. The van der Waals surface area contributed by atoms with E-state index in [9.17, 15) is 4.79 Å². The van der Waals surface area contributed by atoms with Gasteiger partial charge in [-0.05, 0) is 31.8 Å². The van der Waals surface area contributed by atoms with Crippen molar-refractivity contribution in [3.63, 3.8) is 0 Å². The van der Waals surface area contributed by atoms with Crippen LogP contribution in [0.5, 0.6) is 5.75 Å². The van der Waals surface area contributed by atoms with Gasteiger partial charge in [0.25, 0.3) is 0 Å². The van der Waals surface area contributed by atoms with Gasteiger partial charge in [0.2, 0.25) is 5.91 Å². The molecule has 0 aliphatic heterocycles. The summed E-state index contributed by atoms with van der Waals surface area (Å²) in [4.78, 5) is 13.5. The van der Waals surface area contributed by atoms with Crippen LogP contribution in [0.4, 0.5) is 0 Å². The fourth-order valence-electron chi connectivity index (χ4n) is 1.61. The van der Waals surface area contributed by atoms with E-state index in [2.05, 4.69) is 5.32 Å². The summed E-state index contributed by atoms with van der Waals surface area (Å²) in [6.45, 7) is 1.55. The van der Waals surface area contributed by atoms with Gasteiger partial charge in [-0.3, -0.25) is 4.79 Å². The summed E-state index contributed by atoms with van der Waals surface area (Å²) in [7, 11) is 5.57. The average Bonchev–Trinajstić information content (AvgIpc) is 2.34. The molecule has 0 fully saturated rings. The Morgan fingerprint density at radius 1 is 1.39 bits per heavy atom. The van der Waals surface area contributed by atoms with Crippen LogP contribution in [0.2, 0.25) is 0 Å². The average molecular weight is 251 g/mol. The second-order valence-corrected chi connectivity index (χ2v) is 4.37. The summed E-state index contributed by atoms with van der Waals surface area (Å²) in [6, 6.07) is 6.86. The molecule has 1 aromatic carbocycles. The molecule has 0 aliphatic rings. The second kappa shape index (κ2) is 6.98. The van der Waals surface area contributed by atoms with Gasteiger partial charge >= 0.3 is 0 Å². The van der Waals surface area contributed by atoms with E-state index in [0.717, 1.165) is 17.9 Å². The number of nitrogens with one attached hydrogen (secondary N) is 1. The van der Waals surface area contributed by atoms with Crippen LogP contribution >= 0.6 is 0 Å². The van der Waals surface area contributed by atoms with Gasteiger partial charge in [0.05, 0.1) is 7.11 Å². The topological polar surface area (TPSA) is 67.6 Å².